The molecule has 1 saturated carbocycles. The largest absolute Gasteiger partial charge is 0.383 e. The number of halogens is 1. The molecule has 24 heavy (non-hydrogen) atoms. The lowest BCUT2D eigenvalue weighted by atomic mass is 9.88. The first kappa shape index (κ1) is 16.5. The van der Waals surface area contributed by atoms with Crippen molar-refractivity contribution in [3.05, 3.63) is 10.0 Å². The molecular formula is C17H25IN6. The standard InChI is InChI=1S/C17H25IN6/c1-11-6-8-23(9-7-11)12-2-4-13(5-3-12)24-17-14(15(18)22-24)16(19)20-10-21-17/h10-13H,2-9H2,1H3,(H2,19,20,21). The van der Waals surface area contributed by atoms with Crippen molar-refractivity contribution in [3.63, 3.8) is 0 Å². The van der Waals surface area contributed by atoms with Gasteiger partial charge in [0.2, 0.25) is 0 Å². The molecule has 1 aliphatic heterocycles. The van der Waals surface area contributed by atoms with Crippen molar-refractivity contribution < 1.29 is 0 Å². The molecule has 0 unspecified atom stereocenters. The van der Waals surface area contributed by atoms with Crippen LogP contribution in [0.2, 0.25) is 0 Å². The summed E-state index contributed by atoms with van der Waals surface area (Å²) in [5, 5.41) is 5.64. The minimum Gasteiger partial charge on any atom is -0.383 e. The normalized spacial score (nSPS) is 26.9. The van der Waals surface area contributed by atoms with E-state index >= 15 is 0 Å². The van der Waals surface area contributed by atoms with Crippen molar-refractivity contribution >= 4 is 39.4 Å². The molecule has 2 aromatic rings. The maximum Gasteiger partial charge on any atom is 0.164 e. The molecule has 0 atom stereocenters. The summed E-state index contributed by atoms with van der Waals surface area (Å²) >= 11 is 2.24. The summed E-state index contributed by atoms with van der Waals surface area (Å²) in [6, 6.07) is 1.19. The van der Waals surface area contributed by atoms with Gasteiger partial charge < -0.3 is 10.6 Å². The molecule has 1 saturated heterocycles. The van der Waals surface area contributed by atoms with Crippen LogP contribution in [0.15, 0.2) is 6.33 Å². The van der Waals surface area contributed by atoms with Gasteiger partial charge in [-0.05, 0) is 80.1 Å². The molecule has 2 aliphatic rings. The van der Waals surface area contributed by atoms with Gasteiger partial charge in [0.15, 0.2) is 5.65 Å². The highest BCUT2D eigenvalue weighted by molar-refractivity contribution is 14.1. The van der Waals surface area contributed by atoms with Crippen molar-refractivity contribution in [2.75, 3.05) is 18.8 Å². The molecule has 3 heterocycles. The fourth-order valence-corrected chi connectivity index (χ4v) is 5.02. The van der Waals surface area contributed by atoms with E-state index in [0.717, 1.165) is 26.7 Å². The number of nitrogens with two attached hydrogens (primary N) is 1. The molecule has 2 aromatic heterocycles. The molecule has 0 radical (unpaired) electrons. The lowest BCUT2D eigenvalue weighted by Gasteiger charge is -2.40. The molecule has 1 aliphatic carbocycles. The Labute approximate surface area is 156 Å². The molecule has 6 nitrogen and oxygen atoms in total. The third kappa shape index (κ3) is 3.00. The summed E-state index contributed by atoms with van der Waals surface area (Å²) in [5.41, 5.74) is 6.91. The molecule has 2 fully saturated rings. The number of aromatic nitrogens is 4. The minimum absolute atomic E-state index is 0.435. The smallest absolute Gasteiger partial charge is 0.164 e. The maximum absolute atomic E-state index is 6.01. The Morgan fingerprint density at radius 2 is 1.71 bits per heavy atom. The fraction of sp³-hybridized carbons (Fsp3) is 0.706. The summed E-state index contributed by atoms with van der Waals surface area (Å²) in [4.78, 5) is 11.3. The van der Waals surface area contributed by atoms with E-state index in [-0.39, 0.29) is 0 Å². The predicted octanol–water partition coefficient (Wildman–Crippen LogP) is 3.23. The Morgan fingerprint density at radius 3 is 2.42 bits per heavy atom. The number of likely N-dealkylation sites (tertiary alicyclic amines) is 1. The highest BCUT2D eigenvalue weighted by Gasteiger charge is 2.30. The monoisotopic (exact) mass is 440 g/mol. The fourth-order valence-electron chi connectivity index (χ4n) is 4.27. The summed E-state index contributed by atoms with van der Waals surface area (Å²) in [6.07, 6.45) is 9.14. The number of piperidine rings is 1. The van der Waals surface area contributed by atoms with Gasteiger partial charge in [0.25, 0.3) is 0 Å². The molecule has 0 spiro atoms. The summed E-state index contributed by atoms with van der Waals surface area (Å²) in [6.45, 7) is 4.94. The van der Waals surface area contributed by atoms with Crippen molar-refractivity contribution in [1.82, 2.24) is 24.6 Å². The first-order valence-electron chi connectivity index (χ1n) is 9.01. The number of nitrogens with zero attached hydrogens (tertiary/aromatic N) is 5. The van der Waals surface area contributed by atoms with Crippen LogP contribution >= 0.6 is 22.6 Å². The Kier molecular flexibility index (Phi) is 4.64. The number of anilines is 1. The highest BCUT2D eigenvalue weighted by atomic mass is 127. The third-order valence-corrected chi connectivity index (χ3v) is 6.58. The van der Waals surface area contributed by atoms with Crippen molar-refractivity contribution in [3.8, 4) is 0 Å². The van der Waals surface area contributed by atoms with E-state index in [2.05, 4.69) is 49.1 Å². The van der Waals surface area contributed by atoms with E-state index < -0.39 is 0 Å². The molecule has 2 N–H and O–H groups in total. The van der Waals surface area contributed by atoms with Crippen LogP contribution in [0.3, 0.4) is 0 Å². The zero-order valence-corrected chi connectivity index (χ0v) is 16.3. The van der Waals surface area contributed by atoms with Gasteiger partial charge in [-0.25, -0.2) is 14.6 Å². The van der Waals surface area contributed by atoms with Crippen LogP contribution in [0.25, 0.3) is 11.0 Å². The molecule has 4 rings (SSSR count). The van der Waals surface area contributed by atoms with Crippen LogP contribution in [0.1, 0.15) is 51.5 Å². The Morgan fingerprint density at radius 1 is 1.04 bits per heavy atom. The highest BCUT2D eigenvalue weighted by Crippen LogP contribution is 2.35. The first-order chi connectivity index (χ1) is 11.6. The van der Waals surface area contributed by atoms with Crippen LogP contribution < -0.4 is 5.73 Å². The van der Waals surface area contributed by atoms with Crippen LogP contribution in [0, 0.1) is 9.62 Å². The van der Waals surface area contributed by atoms with Gasteiger partial charge in [0, 0.05) is 6.04 Å². The summed E-state index contributed by atoms with van der Waals surface area (Å²) < 4.78 is 3.01. The van der Waals surface area contributed by atoms with Gasteiger partial charge in [-0.1, -0.05) is 6.92 Å². The summed E-state index contributed by atoms with van der Waals surface area (Å²) in [5.74, 6) is 1.44. The second kappa shape index (κ2) is 6.74. The van der Waals surface area contributed by atoms with Gasteiger partial charge in [0.1, 0.15) is 15.8 Å². The SMILES string of the molecule is CC1CCN(C2CCC(n3nc(I)c4c(N)ncnc43)CC2)CC1. The molecule has 130 valence electrons. The quantitative estimate of drug-likeness (QED) is 0.727. The van der Waals surface area contributed by atoms with Crippen molar-refractivity contribution in [2.45, 2.75) is 57.5 Å². The molecule has 0 amide bonds. The molecule has 0 aromatic carbocycles. The van der Waals surface area contributed by atoms with Crippen LogP contribution in [-0.4, -0.2) is 43.8 Å². The summed E-state index contributed by atoms with van der Waals surface area (Å²) in [7, 11) is 0. The molecule has 7 heteroatoms. The van der Waals surface area contributed by atoms with Gasteiger partial charge in [0.05, 0.1) is 11.4 Å². The predicted molar refractivity (Wildman–Crippen MR) is 104 cm³/mol. The van der Waals surface area contributed by atoms with Gasteiger partial charge >= 0.3 is 0 Å². The van der Waals surface area contributed by atoms with Crippen LogP contribution in [-0.2, 0) is 0 Å². The minimum atomic E-state index is 0.435. The lowest BCUT2D eigenvalue weighted by Crippen LogP contribution is -2.43. The molecule has 0 bridgehead atoms. The lowest BCUT2D eigenvalue weighted by molar-refractivity contribution is 0.0981. The first-order valence-corrected chi connectivity index (χ1v) is 10.1. The van der Waals surface area contributed by atoms with Crippen molar-refractivity contribution in [2.24, 2.45) is 5.92 Å². The van der Waals surface area contributed by atoms with Crippen LogP contribution in [0.5, 0.6) is 0 Å². The maximum atomic E-state index is 6.01. The van der Waals surface area contributed by atoms with Gasteiger partial charge in [-0.2, -0.15) is 5.10 Å². The number of hydrogen-bond acceptors (Lipinski definition) is 5. The average molecular weight is 440 g/mol. The van der Waals surface area contributed by atoms with E-state index in [9.17, 15) is 0 Å². The van der Waals surface area contributed by atoms with Crippen LogP contribution in [0.4, 0.5) is 5.82 Å². The number of hydrogen-bond donors (Lipinski definition) is 1. The average Bonchev–Trinajstić information content (AvgIpc) is 2.94. The zero-order valence-electron chi connectivity index (χ0n) is 14.2. The number of fused-ring (bicyclic) bond motifs is 1. The third-order valence-electron chi connectivity index (χ3n) is 5.82. The van der Waals surface area contributed by atoms with Gasteiger partial charge in [-0.15, -0.1) is 0 Å². The van der Waals surface area contributed by atoms with E-state index in [4.69, 9.17) is 10.8 Å². The zero-order chi connectivity index (χ0) is 16.7. The van der Waals surface area contributed by atoms with Crippen molar-refractivity contribution in [1.29, 1.82) is 0 Å². The van der Waals surface area contributed by atoms with E-state index in [1.807, 2.05) is 0 Å². The second-order valence-electron chi connectivity index (χ2n) is 7.37. The second-order valence-corrected chi connectivity index (χ2v) is 8.40. The Hall–Kier alpha value is -0.960. The molecular weight excluding hydrogens is 415 g/mol. The topological polar surface area (TPSA) is 72.9 Å². The number of rotatable bonds is 2. The Bertz CT molecular complexity index is 713. The van der Waals surface area contributed by atoms with E-state index in [0.29, 0.717) is 11.9 Å². The van der Waals surface area contributed by atoms with E-state index in [1.165, 1.54) is 51.6 Å². The number of nitrogen functional groups attached to an aromatic ring is 1. The van der Waals surface area contributed by atoms with E-state index in [1.54, 1.807) is 6.33 Å². The van der Waals surface area contributed by atoms with Gasteiger partial charge in [-0.3, -0.25) is 0 Å². The Balaban J connectivity index is 1.47.